The van der Waals surface area contributed by atoms with Crippen molar-refractivity contribution in [1.29, 1.82) is 0 Å². The van der Waals surface area contributed by atoms with Crippen molar-refractivity contribution < 1.29 is 24.0 Å². The maximum atomic E-state index is 13.0. The number of carboxylic acids is 1. The number of hydrogen-bond acceptors (Lipinski definition) is 6. The molecule has 0 saturated heterocycles. The van der Waals surface area contributed by atoms with Gasteiger partial charge in [-0.25, -0.2) is 14.2 Å². The molecule has 1 aromatic heterocycles. The lowest BCUT2D eigenvalue weighted by atomic mass is 10.2. The van der Waals surface area contributed by atoms with Gasteiger partial charge in [-0.2, -0.15) is 4.98 Å². The Labute approximate surface area is 117 Å². The van der Waals surface area contributed by atoms with Gasteiger partial charge in [-0.3, -0.25) is 10.1 Å². The number of rotatable bonds is 4. The van der Waals surface area contributed by atoms with Gasteiger partial charge in [-0.05, 0) is 19.1 Å². The van der Waals surface area contributed by atoms with E-state index < -0.39 is 22.4 Å². The minimum atomic E-state index is -1.20. The molecule has 0 saturated carbocycles. The predicted octanol–water partition coefficient (Wildman–Crippen LogP) is 2.32. The number of nitrogens with zero attached hydrogens (tertiary/aromatic N) is 3. The number of aromatic nitrogens is 2. The zero-order valence-electron chi connectivity index (χ0n) is 10.6. The average molecular weight is 293 g/mol. The molecule has 0 unspecified atom stereocenters. The molecule has 0 atom stereocenters. The van der Waals surface area contributed by atoms with Crippen molar-refractivity contribution in [3.05, 3.63) is 51.6 Å². The smallest absolute Gasteiger partial charge is 0.339 e. The third-order valence-electron chi connectivity index (χ3n) is 2.51. The van der Waals surface area contributed by atoms with E-state index in [4.69, 9.17) is 9.84 Å². The van der Waals surface area contributed by atoms with Crippen LogP contribution in [0.1, 0.15) is 16.1 Å². The lowest BCUT2D eigenvalue weighted by molar-refractivity contribution is -0.385. The number of nitro groups is 1. The molecule has 2 rings (SSSR count). The number of carbonyl (C=O) groups is 1. The molecule has 108 valence electrons. The number of benzene rings is 1. The zero-order chi connectivity index (χ0) is 15.6. The highest BCUT2D eigenvalue weighted by molar-refractivity contribution is 5.88. The van der Waals surface area contributed by atoms with E-state index in [0.29, 0.717) is 6.07 Å². The summed E-state index contributed by atoms with van der Waals surface area (Å²) in [6, 6.07) is 2.48. The van der Waals surface area contributed by atoms with Gasteiger partial charge in [-0.15, -0.1) is 0 Å². The summed E-state index contributed by atoms with van der Waals surface area (Å²) >= 11 is 0. The Morgan fingerprint density at radius 1 is 1.48 bits per heavy atom. The molecule has 2 aromatic rings. The second-order valence-electron chi connectivity index (χ2n) is 3.93. The molecule has 0 aliphatic rings. The summed E-state index contributed by atoms with van der Waals surface area (Å²) in [5.41, 5.74) is -0.563. The first-order valence-corrected chi connectivity index (χ1v) is 5.57. The van der Waals surface area contributed by atoms with E-state index >= 15 is 0 Å². The van der Waals surface area contributed by atoms with Crippen LogP contribution < -0.4 is 4.74 Å². The Hall–Kier alpha value is -3.10. The highest BCUT2D eigenvalue weighted by atomic mass is 19.1. The molecular formula is C12H8FN3O5. The lowest BCUT2D eigenvalue weighted by Crippen LogP contribution is -2.05. The second-order valence-corrected chi connectivity index (χ2v) is 3.93. The summed E-state index contributed by atoms with van der Waals surface area (Å²) in [5, 5.41) is 19.7. The van der Waals surface area contributed by atoms with Gasteiger partial charge < -0.3 is 9.84 Å². The van der Waals surface area contributed by atoms with Crippen LogP contribution in [0.5, 0.6) is 11.8 Å². The number of nitro benzene ring substituents is 1. The first-order valence-electron chi connectivity index (χ1n) is 5.57. The molecule has 21 heavy (non-hydrogen) atoms. The van der Waals surface area contributed by atoms with Gasteiger partial charge in [0.15, 0.2) is 0 Å². The molecule has 1 N–H and O–H groups in total. The summed E-state index contributed by atoms with van der Waals surface area (Å²) in [6.07, 6.45) is 1.02. The molecule has 0 aliphatic carbocycles. The van der Waals surface area contributed by atoms with E-state index in [1.165, 1.54) is 6.92 Å². The Morgan fingerprint density at radius 3 is 2.76 bits per heavy atom. The van der Waals surface area contributed by atoms with Crippen LogP contribution in [0, 0.1) is 22.9 Å². The Morgan fingerprint density at radius 2 is 2.19 bits per heavy atom. The van der Waals surface area contributed by atoms with E-state index in [9.17, 15) is 19.3 Å². The van der Waals surface area contributed by atoms with Crippen molar-refractivity contribution in [1.82, 2.24) is 9.97 Å². The number of halogens is 1. The van der Waals surface area contributed by atoms with Crippen LogP contribution in [0.3, 0.4) is 0 Å². The minimum absolute atomic E-state index is 0.115. The van der Waals surface area contributed by atoms with Crippen LogP contribution in [0.25, 0.3) is 0 Å². The maximum absolute atomic E-state index is 13.0. The first-order chi connectivity index (χ1) is 9.88. The van der Waals surface area contributed by atoms with E-state index in [0.717, 1.165) is 18.3 Å². The summed E-state index contributed by atoms with van der Waals surface area (Å²) in [7, 11) is 0. The van der Waals surface area contributed by atoms with Crippen LogP contribution in [0.2, 0.25) is 0 Å². The Kier molecular flexibility index (Phi) is 3.74. The fourth-order valence-electron chi connectivity index (χ4n) is 1.52. The van der Waals surface area contributed by atoms with E-state index in [1.54, 1.807) is 0 Å². The van der Waals surface area contributed by atoms with E-state index in [2.05, 4.69) is 9.97 Å². The highest BCUT2D eigenvalue weighted by Gasteiger charge is 2.19. The van der Waals surface area contributed by atoms with Gasteiger partial charge in [0.1, 0.15) is 5.82 Å². The van der Waals surface area contributed by atoms with E-state index in [-0.39, 0.29) is 23.0 Å². The van der Waals surface area contributed by atoms with Crippen molar-refractivity contribution in [2.24, 2.45) is 0 Å². The first kappa shape index (κ1) is 14.3. The summed E-state index contributed by atoms with van der Waals surface area (Å²) in [5.74, 6) is -2.23. The van der Waals surface area contributed by atoms with Crippen LogP contribution in [0.15, 0.2) is 24.4 Å². The van der Waals surface area contributed by atoms with Gasteiger partial charge >= 0.3 is 17.7 Å². The Bertz CT molecular complexity index is 735. The highest BCUT2D eigenvalue weighted by Crippen LogP contribution is 2.30. The standard InChI is InChI=1S/C12H8FN3O5/c1-6-8(11(17)18)5-14-12(15-6)21-10-3-2-7(13)4-9(10)16(19)20/h2-5H,1H3,(H,17,18). The Balaban J connectivity index is 2.37. The molecule has 0 radical (unpaired) electrons. The lowest BCUT2D eigenvalue weighted by Gasteiger charge is -2.06. The molecule has 1 aromatic carbocycles. The molecule has 0 bridgehead atoms. The SMILES string of the molecule is Cc1nc(Oc2ccc(F)cc2[N+](=O)[O-])ncc1C(=O)O. The van der Waals surface area contributed by atoms with Crippen LogP contribution >= 0.6 is 0 Å². The van der Waals surface area contributed by atoms with E-state index in [1.807, 2.05) is 0 Å². The monoisotopic (exact) mass is 293 g/mol. The fourth-order valence-corrected chi connectivity index (χ4v) is 1.52. The summed E-state index contributed by atoms with van der Waals surface area (Å²) < 4.78 is 18.1. The van der Waals surface area contributed by atoms with Gasteiger partial charge in [0.2, 0.25) is 5.75 Å². The molecule has 0 amide bonds. The molecule has 1 heterocycles. The molecule has 0 aliphatic heterocycles. The minimum Gasteiger partial charge on any atom is -0.478 e. The second kappa shape index (κ2) is 5.49. The molecule has 9 heteroatoms. The van der Waals surface area contributed by atoms with Crippen LogP contribution in [-0.4, -0.2) is 26.0 Å². The van der Waals surface area contributed by atoms with Crippen LogP contribution in [-0.2, 0) is 0 Å². The van der Waals surface area contributed by atoms with Gasteiger partial charge in [-0.1, -0.05) is 0 Å². The molecule has 0 spiro atoms. The largest absolute Gasteiger partial charge is 0.478 e. The molecule has 0 fully saturated rings. The van der Waals surface area contributed by atoms with Crippen molar-refractivity contribution in [2.75, 3.05) is 0 Å². The number of carboxylic acid groups (broad SMARTS) is 1. The average Bonchev–Trinajstić information content (AvgIpc) is 2.40. The third-order valence-corrected chi connectivity index (χ3v) is 2.51. The quantitative estimate of drug-likeness (QED) is 0.679. The van der Waals surface area contributed by atoms with Crippen molar-refractivity contribution in [3.8, 4) is 11.8 Å². The van der Waals surface area contributed by atoms with Crippen molar-refractivity contribution >= 4 is 11.7 Å². The number of hydrogen-bond donors (Lipinski definition) is 1. The topological polar surface area (TPSA) is 115 Å². The number of aryl methyl sites for hydroxylation is 1. The number of aromatic carboxylic acids is 1. The molecule has 8 nitrogen and oxygen atoms in total. The van der Waals surface area contributed by atoms with Gasteiger partial charge in [0.25, 0.3) is 0 Å². The predicted molar refractivity (Wildman–Crippen MR) is 66.9 cm³/mol. The van der Waals surface area contributed by atoms with Crippen molar-refractivity contribution in [3.63, 3.8) is 0 Å². The van der Waals surface area contributed by atoms with Crippen LogP contribution in [0.4, 0.5) is 10.1 Å². The molecular weight excluding hydrogens is 285 g/mol. The fraction of sp³-hybridized carbons (Fsp3) is 0.0833. The maximum Gasteiger partial charge on any atom is 0.339 e. The number of ether oxygens (including phenoxy) is 1. The normalized spacial score (nSPS) is 10.2. The van der Waals surface area contributed by atoms with Gasteiger partial charge in [0.05, 0.1) is 22.2 Å². The summed E-state index contributed by atoms with van der Waals surface area (Å²) in [4.78, 5) is 28.3. The van der Waals surface area contributed by atoms with Crippen molar-refractivity contribution in [2.45, 2.75) is 6.92 Å². The van der Waals surface area contributed by atoms with Gasteiger partial charge in [0, 0.05) is 6.20 Å². The third kappa shape index (κ3) is 3.08. The summed E-state index contributed by atoms with van der Waals surface area (Å²) in [6.45, 7) is 1.43. The zero-order valence-corrected chi connectivity index (χ0v) is 10.6.